The van der Waals surface area contributed by atoms with Crippen molar-refractivity contribution in [2.75, 3.05) is 25.0 Å². The van der Waals surface area contributed by atoms with E-state index in [0.29, 0.717) is 11.5 Å². The van der Waals surface area contributed by atoms with Crippen molar-refractivity contribution in [3.63, 3.8) is 0 Å². The predicted octanol–water partition coefficient (Wildman–Crippen LogP) is 3.46. The second-order valence-corrected chi connectivity index (χ2v) is 7.32. The third kappa shape index (κ3) is 4.47. The molecule has 1 heterocycles. The molecular formula is C17H32N4. The molecule has 0 saturated heterocycles. The number of nitrogens with one attached hydrogen (secondary N) is 1. The molecule has 4 heteroatoms. The number of hydrogen-bond donors (Lipinski definition) is 1. The molecule has 0 aliphatic heterocycles. The number of nitrogens with zero attached hydrogens (tertiary/aromatic N) is 3. The summed E-state index contributed by atoms with van der Waals surface area (Å²) in [5.41, 5.74) is 1.64. The predicted molar refractivity (Wildman–Crippen MR) is 89.6 cm³/mol. The van der Waals surface area contributed by atoms with Crippen molar-refractivity contribution in [3.8, 4) is 0 Å². The monoisotopic (exact) mass is 292 g/mol. The van der Waals surface area contributed by atoms with Crippen LogP contribution in [0.2, 0.25) is 0 Å². The Labute approximate surface area is 129 Å². The quantitative estimate of drug-likeness (QED) is 0.835. The average Bonchev–Trinajstić information content (AvgIpc) is 2.95. The Morgan fingerprint density at radius 2 is 2.05 bits per heavy atom. The molecule has 2 unspecified atom stereocenters. The molecule has 0 bridgehead atoms. The molecule has 2 rings (SSSR count). The van der Waals surface area contributed by atoms with Crippen molar-refractivity contribution in [2.45, 2.75) is 60.0 Å². The van der Waals surface area contributed by atoms with Crippen molar-refractivity contribution in [2.24, 2.45) is 11.3 Å². The lowest BCUT2D eigenvalue weighted by atomic mass is 9.91. The first-order valence-electron chi connectivity index (χ1n) is 8.45. The largest absolute Gasteiger partial charge is 0.379 e. The van der Waals surface area contributed by atoms with Gasteiger partial charge in [0.05, 0.1) is 18.4 Å². The summed E-state index contributed by atoms with van der Waals surface area (Å²) in [4.78, 5) is 2.43. The van der Waals surface area contributed by atoms with E-state index in [1.165, 1.54) is 18.5 Å². The van der Waals surface area contributed by atoms with Gasteiger partial charge in [-0.25, -0.2) is 0 Å². The van der Waals surface area contributed by atoms with Crippen LogP contribution in [0.25, 0.3) is 0 Å². The Hall–Kier alpha value is -1.03. The maximum absolute atomic E-state index is 4.49. The molecule has 1 saturated carbocycles. The molecule has 4 nitrogen and oxygen atoms in total. The highest BCUT2D eigenvalue weighted by molar-refractivity contribution is 5.40. The van der Waals surface area contributed by atoms with Crippen molar-refractivity contribution in [3.05, 3.63) is 12.4 Å². The first-order chi connectivity index (χ1) is 9.93. The zero-order valence-corrected chi connectivity index (χ0v) is 14.4. The van der Waals surface area contributed by atoms with Crippen LogP contribution >= 0.6 is 0 Å². The molecule has 1 aliphatic carbocycles. The van der Waals surface area contributed by atoms with E-state index < -0.39 is 0 Å². The summed E-state index contributed by atoms with van der Waals surface area (Å²) in [5.74, 6) is 0.735. The van der Waals surface area contributed by atoms with Gasteiger partial charge >= 0.3 is 0 Å². The molecule has 1 aromatic heterocycles. The van der Waals surface area contributed by atoms with E-state index in [2.05, 4.69) is 60.8 Å². The van der Waals surface area contributed by atoms with Crippen LogP contribution in [-0.4, -0.2) is 40.4 Å². The van der Waals surface area contributed by atoms with E-state index in [1.807, 2.05) is 6.20 Å². The van der Waals surface area contributed by atoms with Gasteiger partial charge in [0, 0.05) is 18.8 Å². The molecule has 0 spiro atoms. The molecule has 0 radical (unpaired) electrons. The van der Waals surface area contributed by atoms with Crippen molar-refractivity contribution in [1.82, 2.24) is 14.7 Å². The maximum atomic E-state index is 4.49. The fraction of sp³-hybridized carbons (Fsp3) is 0.824. The lowest BCUT2D eigenvalue weighted by Gasteiger charge is -2.19. The molecule has 1 fully saturated rings. The summed E-state index contributed by atoms with van der Waals surface area (Å²) in [6.07, 6.45) is 6.68. The number of hydrogen-bond acceptors (Lipinski definition) is 3. The molecule has 21 heavy (non-hydrogen) atoms. The Balaban J connectivity index is 1.86. The van der Waals surface area contributed by atoms with Gasteiger partial charge in [0.15, 0.2) is 0 Å². The lowest BCUT2D eigenvalue weighted by Crippen LogP contribution is -2.27. The SMILES string of the molecule is CCN(CC)CCn1cc(NC2CC(C)(C)CC2C)cn1. The van der Waals surface area contributed by atoms with Crippen molar-refractivity contribution in [1.29, 1.82) is 0 Å². The third-order valence-corrected chi connectivity index (χ3v) is 4.86. The molecule has 0 aromatic carbocycles. The van der Waals surface area contributed by atoms with Gasteiger partial charge in [0.2, 0.25) is 0 Å². The maximum Gasteiger partial charge on any atom is 0.0728 e. The lowest BCUT2D eigenvalue weighted by molar-refractivity contribution is 0.285. The summed E-state index contributed by atoms with van der Waals surface area (Å²) in [5, 5.41) is 8.17. The fourth-order valence-corrected chi connectivity index (χ4v) is 3.65. The minimum atomic E-state index is 0.468. The second kappa shape index (κ2) is 6.82. The Morgan fingerprint density at radius 1 is 1.33 bits per heavy atom. The molecule has 0 amide bonds. The number of likely N-dealkylation sites (N-methyl/N-ethyl adjacent to an activating group) is 1. The van der Waals surface area contributed by atoms with Crippen molar-refractivity contribution < 1.29 is 0 Å². The van der Waals surface area contributed by atoms with Gasteiger partial charge in [-0.05, 0) is 37.3 Å². The minimum absolute atomic E-state index is 0.468. The van der Waals surface area contributed by atoms with Crippen LogP contribution < -0.4 is 5.32 Å². The fourth-order valence-electron chi connectivity index (χ4n) is 3.65. The van der Waals surface area contributed by atoms with E-state index in [1.54, 1.807) is 0 Å². The Kier molecular flexibility index (Phi) is 5.31. The number of anilines is 1. The first-order valence-corrected chi connectivity index (χ1v) is 8.45. The van der Waals surface area contributed by atoms with Gasteiger partial charge in [-0.3, -0.25) is 4.68 Å². The molecule has 120 valence electrons. The summed E-state index contributed by atoms with van der Waals surface area (Å²) < 4.78 is 2.06. The van der Waals surface area contributed by atoms with Crippen LogP contribution in [0.4, 0.5) is 5.69 Å². The smallest absolute Gasteiger partial charge is 0.0728 e. The zero-order valence-electron chi connectivity index (χ0n) is 14.4. The highest BCUT2D eigenvalue weighted by Crippen LogP contribution is 2.41. The topological polar surface area (TPSA) is 33.1 Å². The van der Waals surface area contributed by atoms with Gasteiger partial charge < -0.3 is 10.2 Å². The van der Waals surface area contributed by atoms with Crippen LogP contribution in [0, 0.1) is 11.3 Å². The Bertz CT molecular complexity index is 434. The normalized spacial score (nSPS) is 24.7. The van der Waals surface area contributed by atoms with Crippen molar-refractivity contribution >= 4 is 5.69 Å². The first kappa shape index (κ1) is 16.3. The van der Waals surface area contributed by atoms with Crippen LogP contribution in [0.1, 0.15) is 47.5 Å². The number of aromatic nitrogens is 2. The standard InChI is InChI=1S/C17H32N4/c1-6-20(7-2)8-9-21-13-15(12-18-21)19-16-11-17(4,5)10-14(16)3/h12-14,16,19H,6-11H2,1-5H3. The summed E-state index contributed by atoms with van der Waals surface area (Å²) >= 11 is 0. The zero-order chi connectivity index (χ0) is 15.5. The molecular weight excluding hydrogens is 260 g/mol. The van der Waals surface area contributed by atoms with Gasteiger partial charge in [0.25, 0.3) is 0 Å². The van der Waals surface area contributed by atoms with Gasteiger partial charge in [-0.1, -0.05) is 34.6 Å². The van der Waals surface area contributed by atoms with Crippen LogP contribution in [0.5, 0.6) is 0 Å². The molecule has 1 aliphatic rings. The number of rotatable bonds is 7. The summed E-state index contributed by atoms with van der Waals surface area (Å²) in [7, 11) is 0. The van der Waals surface area contributed by atoms with Gasteiger partial charge in [-0.15, -0.1) is 0 Å². The highest BCUT2D eigenvalue weighted by atomic mass is 15.3. The molecule has 1 N–H and O–H groups in total. The third-order valence-electron chi connectivity index (χ3n) is 4.86. The van der Waals surface area contributed by atoms with Gasteiger partial charge in [0.1, 0.15) is 0 Å². The second-order valence-electron chi connectivity index (χ2n) is 7.32. The van der Waals surface area contributed by atoms with E-state index in [9.17, 15) is 0 Å². The van der Waals surface area contributed by atoms with E-state index in [0.717, 1.165) is 32.1 Å². The van der Waals surface area contributed by atoms with E-state index in [4.69, 9.17) is 0 Å². The Morgan fingerprint density at radius 3 is 2.62 bits per heavy atom. The molecule has 2 atom stereocenters. The van der Waals surface area contributed by atoms with Crippen LogP contribution in [0.15, 0.2) is 12.4 Å². The summed E-state index contributed by atoms with van der Waals surface area (Å²) in [6, 6.07) is 0.584. The highest BCUT2D eigenvalue weighted by Gasteiger charge is 2.36. The van der Waals surface area contributed by atoms with Gasteiger partial charge in [-0.2, -0.15) is 5.10 Å². The van der Waals surface area contributed by atoms with E-state index in [-0.39, 0.29) is 0 Å². The average molecular weight is 292 g/mol. The van der Waals surface area contributed by atoms with Crippen LogP contribution in [-0.2, 0) is 6.54 Å². The minimum Gasteiger partial charge on any atom is -0.379 e. The summed E-state index contributed by atoms with van der Waals surface area (Å²) in [6.45, 7) is 15.8. The van der Waals surface area contributed by atoms with Crippen LogP contribution in [0.3, 0.4) is 0 Å². The molecule has 1 aromatic rings. The van der Waals surface area contributed by atoms with E-state index >= 15 is 0 Å².